The van der Waals surface area contributed by atoms with E-state index in [1.807, 2.05) is 6.07 Å². The highest BCUT2D eigenvalue weighted by atomic mass is 19.1. The van der Waals surface area contributed by atoms with Crippen molar-refractivity contribution in [1.29, 1.82) is 0 Å². The normalized spacial score (nSPS) is 18.1. The monoisotopic (exact) mass is 264 g/mol. The van der Waals surface area contributed by atoms with Crippen molar-refractivity contribution in [3.05, 3.63) is 35.1 Å². The number of rotatable bonds is 4. The number of ether oxygens (including phenoxy) is 2. The van der Waals surface area contributed by atoms with Crippen LogP contribution in [0.25, 0.3) is 0 Å². The first-order chi connectivity index (χ1) is 9.28. The van der Waals surface area contributed by atoms with Gasteiger partial charge in [-0.05, 0) is 30.2 Å². The molecule has 2 rings (SSSR count). The van der Waals surface area contributed by atoms with E-state index in [9.17, 15) is 4.39 Å². The molecule has 0 radical (unpaired) electrons. The Morgan fingerprint density at radius 2 is 2.32 bits per heavy atom. The minimum atomic E-state index is -0.322. The fraction of sp³-hybridized carbons (Fsp3) is 0.467. The molecular formula is C15H17FO3. The Hall–Kier alpha value is -1.41. The smallest absolute Gasteiger partial charge is 0.124 e. The molecule has 0 saturated carbocycles. The van der Waals surface area contributed by atoms with Crippen molar-refractivity contribution in [3.63, 3.8) is 0 Å². The summed E-state index contributed by atoms with van der Waals surface area (Å²) < 4.78 is 24.3. The van der Waals surface area contributed by atoms with Crippen molar-refractivity contribution >= 4 is 0 Å². The molecule has 0 aliphatic carbocycles. The van der Waals surface area contributed by atoms with Crippen LogP contribution < -0.4 is 0 Å². The molecule has 1 aromatic carbocycles. The van der Waals surface area contributed by atoms with Crippen LogP contribution in [0.5, 0.6) is 0 Å². The van der Waals surface area contributed by atoms with Crippen molar-refractivity contribution in [2.45, 2.75) is 25.6 Å². The van der Waals surface area contributed by atoms with Gasteiger partial charge in [0.2, 0.25) is 0 Å². The zero-order valence-corrected chi connectivity index (χ0v) is 10.7. The predicted molar refractivity (Wildman–Crippen MR) is 69.0 cm³/mol. The summed E-state index contributed by atoms with van der Waals surface area (Å²) in [6.45, 7) is 1.71. The summed E-state index contributed by atoms with van der Waals surface area (Å²) in [7, 11) is 0. The first kappa shape index (κ1) is 14.0. The fourth-order valence-electron chi connectivity index (χ4n) is 1.88. The van der Waals surface area contributed by atoms with Gasteiger partial charge in [0.05, 0.1) is 25.9 Å². The maximum atomic E-state index is 13.4. The molecule has 0 aromatic heterocycles. The lowest BCUT2D eigenvalue weighted by Crippen LogP contribution is -2.12. The van der Waals surface area contributed by atoms with Gasteiger partial charge in [-0.15, -0.1) is 0 Å². The van der Waals surface area contributed by atoms with Crippen molar-refractivity contribution < 1.29 is 19.0 Å². The minimum absolute atomic E-state index is 0.0139. The maximum Gasteiger partial charge on any atom is 0.124 e. The quantitative estimate of drug-likeness (QED) is 0.844. The predicted octanol–water partition coefficient (Wildman–Crippen LogP) is 1.87. The number of aliphatic hydroxyl groups is 1. The molecule has 102 valence electrons. The number of hydrogen-bond acceptors (Lipinski definition) is 3. The van der Waals surface area contributed by atoms with Crippen LogP contribution in [0.3, 0.4) is 0 Å². The lowest BCUT2D eigenvalue weighted by atomic mass is 10.1. The van der Waals surface area contributed by atoms with E-state index in [2.05, 4.69) is 11.8 Å². The summed E-state index contributed by atoms with van der Waals surface area (Å²) in [5.74, 6) is 5.28. The van der Waals surface area contributed by atoms with Gasteiger partial charge in [-0.1, -0.05) is 11.8 Å². The second kappa shape index (κ2) is 7.25. The molecular weight excluding hydrogens is 247 g/mol. The van der Waals surface area contributed by atoms with E-state index in [0.717, 1.165) is 18.6 Å². The molecule has 1 atom stereocenters. The van der Waals surface area contributed by atoms with Gasteiger partial charge < -0.3 is 14.6 Å². The Kier molecular flexibility index (Phi) is 5.34. The third-order valence-electron chi connectivity index (χ3n) is 2.80. The van der Waals surface area contributed by atoms with Gasteiger partial charge in [0, 0.05) is 18.6 Å². The van der Waals surface area contributed by atoms with E-state index in [0.29, 0.717) is 25.2 Å². The molecule has 1 N–H and O–H groups in total. The highest BCUT2D eigenvalue weighted by molar-refractivity contribution is 5.37. The summed E-state index contributed by atoms with van der Waals surface area (Å²) in [6.07, 6.45) is 1.38. The molecule has 3 nitrogen and oxygen atoms in total. The van der Waals surface area contributed by atoms with Gasteiger partial charge in [0.1, 0.15) is 5.82 Å². The number of halogens is 1. The van der Waals surface area contributed by atoms with E-state index in [4.69, 9.17) is 14.6 Å². The van der Waals surface area contributed by atoms with Crippen molar-refractivity contribution in [2.75, 3.05) is 19.8 Å². The zero-order chi connectivity index (χ0) is 13.5. The molecule has 1 aromatic rings. The Morgan fingerprint density at radius 1 is 1.42 bits per heavy atom. The molecule has 0 amide bonds. The maximum absolute atomic E-state index is 13.4. The van der Waals surface area contributed by atoms with E-state index < -0.39 is 0 Å². The lowest BCUT2D eigenvalue weighted by Gasteiger charge is -2.10. The van der Waals surface area contributed by atoms with Gasteiger partial charge >= 0.3 is 0 Å². The van der Waals surface area contributed by atoms with Gasteiger partial charge in [-0.2, -0.15) is 0 Å². The van der Waals surface area contributed by atoms with Crippen LogP contribution in [-0.2, 0) is 16.1 Å². The molecule has 0 bridgehead atoms. The summed E-state index contributed by atoms with van der Waals surface area (Å²) in [5.41, 5.74) is 1.37. The summed E-state index contributed by atoms with van der Waals surface area (Å²) >= 11 is 0. The number of aliphatic hydroxyl groups excluding tert-OH is 1. The van der Waals surface area contributed by atoms with Crippen LogP contribution in [0.15, 0.2) is 18.2 Å². The Balaban J connectivity index is 1.97. The number of hydrogen-bond donors (Lipinski definition) is 1. The van der Waals surface area contributed by atoms with Gasteiger partial charge in [0.25, 0.3) is 0 Å². The van der Waals surface area contributed by atoms with Crippen LogP contribution in [0.1, 0.15) is 24.0 Å². The molecule has 1 heterocycles. The van der Waals surface area contributed by atoms with E-state index in [-0.39, 0.29) is 18.5 Å². The van der Waals surface area contributed by atoms with Crippen LogP contribution >= 0.6 is 0 Å². The molecule has 19 heavy (non-hydrogen) atoms. The van der Waals surface area contributed by atoms with Crippen molar-refractivity contribution in [1.82, 2.24) is 0 Å². The summed E-state index contributed by atoms with van der Waals surface area (Å²) in [5, 5.41) is 8.65. The molecule has 1 aliphatic heterocycles. The topological polar surface area (TPSA) is 38.7 Å². The van der Waals surface area contributed by atoms with Gasteiger partial charge in [0.15, 0.2) is 0 Å². The minimum Gasteiger partial charge on any atom is -0.395 e. The first-order valence-corrected chi connectivity index (χ1v) is 6.36. The summed E-state index contributed by atoms with van der Waals surface area (Å²) in [6, 6.07) is 4.64. The molecule has 1 aliphatic rings. The largest absolute Gasteiger partial charge is 0.395 e. The third kappa shape index (κ3) is 4.64. The molecule has 1 fully saturated rings. The van der Waals surface area contributed by atoms with Crippen LogP contribution in [0, 0.1) is 17.7 Å². The van der Waals surface area contributed by atoms with Gasteiger partial charge in [-0.25, -0.2) is 4.39 Å². The molecule has 4 heteroatoms. The third-order valence-corrected chi connectivity index (χ3v) is 2.80. The van der Waals surface area contributed by atoms with Crippen LogP contribution in [0.4, 0.5) is 4.39 Å². The van der Waals surface area contributed by atoms with Crippen LogP contribution in [-0.4, -0.2) is 31.0 Å². The molecule has 0 spiro atoms. The Bertz CT molecular complexity index is 470. The van der Waals surface area contributed by atoms with E-state index in [1.165, 1.54) is 12.1 Å². The first-order valence-electron chi connectivity index (χ1n) is 6.36. The Labute approximate surface area is 112 Å². The second-order valence-corrected chi connectivity index (χ2v) is 4.42. The van der Waals surface area contributed by atoms with E-state index in [1.54, 1.807) is 0 Å². The highest BCUT2D eigenvalue weighted by Gasteiger charge is 2.15. The van der Waals surface area contributed by atoms with E-state index >= 15 is 0 Å². The Morgan fingerprint density at radius 3 is 3.05 bits per heavy atom. The lowest BCUT2D eigenvalue weighted by molar-refractivity contribution is 0.0316. The average molecular weight is 264 g/mol. The second-order valence-electron chi connectivity index (χ2n) is 4.42. The number of benzene rings is 1. The van der Waals surface area contributed by atoms with Crippen molar-refractivity contribution in [2.24, 2.45) is 0 Å². The highest BCUT2D eigenvalue weighted by Crippen LogP contribution is 2.14. The van der Waals surface area contributed by atoms with Crippen molar-refractivity contribution in [3.8, 4) is 11.8 Å². The zero-order valence-electron chi connectivity index (χ0n) is 10.7. The average Bonchev–Trinajstić information content (AvgIpc) is 2.89. The summed E-state index contributed by atoms with van der Waals surface area (Å²) in [4.78, 5) is 0. The molecule has 1 unspecified atom stereocenters. The SMILES string of the molecule is OCCC#Cc1cc(F)cc(COC2CCOC2)c1. The fourth-order valence-corrected chi connectivity index (χ4v) is 1.88. The standard InChI is InChI=1S/C15H17FO3/c16-14-8-12(3-1-2-5-17)7-13(9-14)10-19-15-4-6-18-11-15/h7-9,15,17H,2,4-6,10-11H2. The molecule has 1 saturated heterocycles. The van der Waals surface area contributed by atoms with Gasteiger partial charge in [-0.3, -0.25) is 0 Å². The van der Waals surface area contributed by atoms with Crippen LogP contribution in [0.2, 0.25) is 0 Å².